The number of methoxy groups -OCH3 is 1. The van der Waals surface area contributed by atoms with Crippen LogP contribution >= 0.6 is 35.6 Å². The van der Waals surface area contributed by atoms with Gasteiger partial charge in [-0.2, -0.15) is 13.1 Å². The van der Waals surface area contributed by atoms with Crippen LogP contribution in [0.1, 0.15) is 30.0 Å². The van der Waals surface area contributed by atoms with E-state index >= 15 is 0 Å². The van der Waals surface area contributed by atoms with Crippen LogP contribution < -0.4 is 9.44 Å². The molecule has 0 saturated carbocycles. The number of hydrogen-bond donors (Lipinski definition) is 2. The van der Waals surface area contributed by atoms with Crippen LogP contribution in [0.4, 0.5) is 5.69 Å². The van der Waals surface area contributed by atoms with E-state index in [0.717, 1.165) is 37.1 Å². The van der Waals surface area contributed by atoms with E-state index in [1.165, 1.54) is 0 Å². The van der Waals surface area contributed by atoms with Crippen molar-refractivity contribution in [3.63, 3.8) is 0 Å². The zero-order valence-corrected chi connectivity index (χ0v) is 34.5. The van der Waals surface area contributed by atoms with Crippen molar-refractivity contribution < 1.29 is 46.4 Å². The SMILES string of the molecule is COCCOCCOCCOCCOCCOCCOCCNS(=O)(=O)Nc1cccc([C@@H](CN2CCCC2)N(C)C(=O)Cc2ccc(Cl)c(Cl)c2)c1.Cl. The molecule has 308 valence electrons. The molecule has 18 heteroatoms. The summed E-state index contributed by atoms with van der Waals surface area (Å²) in [4.78, 5) is 17.5. The van der Waals surface area contributed by atoms with Crippen LogP contribution in [0.25, 0.3) is 0 Å². The highest BCUT2D eigenvalue weighted by Gasteiger charge is 2.26. The fourth-order valence-electron chi connectivity index (χ4n) is 5.38. The minimum absolute atomic E-state index is 0. The van der Waals surface area contributed by atoms with E-state index in [-0.39, 0.29) is 43.9 Å². The smallest absolute Gasteiger partial charge is 0.299 e. The van der Waals surface area contributed by atoms with Crippen molar-refractivity contribution >= 4 is 57.4 Å². The second kappa shape index (κ2) is 28.5. The normalized spacial score (nSPS) is 13.9. The molecule has 0 aliphatic carbocycles. The van der Waals surface area contributed by atoms with E-state index in [0.29, 0.717) is 102 Å². The van der Waals surface area contributed by atoms with Crippen LogP contribution in [0.15, 0.2) is 42.5 Å². The van der Waals surface area contributed by atoms with Gasteiger partial charge in [0.1, 0.15) is 0 Å². The van der Waals surface area contributed by atoms with Gasteiger partial charge in [-0.05, 0) is 61.3 Å². The maximum absolute atomic E-state index is 13.4. The van der Waals surface area contributed by atoms with Gasteiger partial charge in [-0.3, -0.25) is 9.52 Å². The summed E-state index contributed by atoms with van der Waals surface area (Å²) in [5.41, 5.74) is 1.97. The van der Waals surface area contributed by atoms with E-state index in [9.17, 15) is 13.2 Å². The fraction of sp³-hybridized carbons (Fsp3) is 0.639. The number of carbonyl (C=O) groups is 1. The maximum atomic E-state index is 13.4. The summed E-state index contributed by atoms with van der Waals surface area (Å²) in [5, 5.41) is 0.828. The molecule has 1 heterocycles. The van der Waals surface area contributed by atoms with Gasteiger partial charge >= 0.3 is 0 Å². The Balaban J connectivity index is 0.0000101. The Kier molecular flexibility index (Phi) is 25.5. The number of nitrogens with zero attached hydrogens (tertiary/aromatic N) is 2. The third-order valence-corrected chi connectivity index (χ3v) is 10.0. The quantitative estimate of drug-likeness (QED) is 0.109. The van der Waals surface area contributed by atoms with Gasteiger partial charge in [0.2, 0.25) is 5.91 Å². The average Bonchev–Trinajstić information content (AvgIpc) is 3.66. The van der Waals surface area contributed by atoms with E-state index in [1.807, 2.05) is 6.07 Å². The van der Waals surface area contributed by atoms with Crippen molar-refractivity contribution in [3.8, 4) is 0 Å². The lowest BCUT2D eigenvalue weighted by atomic mass is 10.0. The zero-order chi connectivity index (χ0) is 38.2. The molecule has 0 bridgehead atoms. The van der Waals surface area contributed by atoms with Crippen molar-refractivity contribution in [1.82, 2.24) is 14.5 Å². The second-order valence-corrected chi connectivity index (χ2v) is 14.6. The minimum Gasteiger partial charge on any atom is -0.382 e. The van der Waals surface area contributed by atoms with Gasteiger partial charge in [-0.25, -0.2) is 0 Å². The molecule has 2 aromatic rings. The monoisotopic (exact) mass is 842 g/mol. The molecular formula is C36H57Cl3N4O10S. The molecule has 1 aliphatic heterocycles. The first-order valence-corrected chi connectivity index (χ1v) is 20.2. The van der Waals surface area contributed by atoms with Gasteiger partial charge in [0.25, 0.3) is 10.2 Å². The Morgan fingerprint density at radius 2 is 1.31 bits per heavy atom. The summed E-state index contributed by atoms with van der Waals surface area (Å²) in [6, 6.07) is 12.0. The molecular weight excluding hydrogens is 787 g/mol. The molecule has 54 heavy (non-hydrogen) atoms. The number of amides is 1. The maximum Gasteiger partial charge on any atom is 0.299 e. The Bertz CT molecular complexity index is 1430. The van der Waals surface area contributed by atoms with Gasteiger partial charge < -0.3 is 43.0 Å². The molecule has 3 rings (SSSR count). The molecule has 2 aromatic carbocycles. The van der Waals surface area contributed by atoms with E-state index in [2.05, 4.69) is 14.3 Å². The molecule has 2 N–H and O–H groups in total. The second-order valence-electron chi connectivity index (χ2n) is 12.2. The van der Waals surface area contributed by atoms with Gasteiger partial charge in [0.05, 0.1) is 114 Å². The van der Waals surface area contributed by atoms with Crippen LogP contribution in [-0.2, 0) is 54.6 Å². The molecule has 0 aromatic heterocycles. The van der Waals surface area contributed by atoms with Crippen LogP contribution in [0, 0.1) is 0 Å². The Hall–Kier alpha value is -1.83. The van der Waals surface area contributed by atoms with Crippen LogP contribution in [0.2, 0.25) is 10.0 Å². The van der Waals surface area contributed by atoms with Gasteiger partial charge in [-0.1, -0.05) is 41.4 Å². The number of ether oxygens (including phenoxy) is 7. The summed E-state index contributed by atoms with van der Waals surface area (Å²) < 4.78 is 68.3. The number of rotatable bonds is 30. The molecule has 1 atom stereocenters. The minimum atomic E-state index is -3.88. The molecule has 1 saturated heterocycles. The predicted molar refractivity (Wildman–Crippen MR) is 212 cm³/mol. The summed E-state index contributed by atoms with van der Waals surface area (Å²) in [6.07, 6.45) is 2.37. The van der Waals surface area contributed by atoms with Crippen LogP contribution in [0.3, 0.4) is 0 Å². The summed E-state index contributed by atoms with van der Waals surface area (Å²) in [7, 11) is -0.468. The number of benzene rings is 2. The number of anilines is 1. The van der Waals surface area contributed by atoms with E-state index in [1.54, 1.807) is 55.5 Å². The number of likely N-dealkylation sites (N-methyl/N-ethyl adjacent to an activating group) is 1. The average molecular weight is 844 g/mol. The molecule has 1 fully saturated rings. The van der Waals surface area contributed by atoms with E-state index < -0.39 is 10.2 Å². The van der Waals surface area contributed by atoms with Crippen molar-refractivity contribution in [2.45, 2.75) is 25.3 Å². The number of nitrogens with one attached hydrogen (secondary N) is 2. The van der Waals surface area contributed by atoms with Gasteiger partial charge in [-0.15, -0.1) is 12.4 Å². The van der Waals surface area contributed by atoms with Crippen molar-refractivity contribution in [3.05, 3.63) is 63.6 Å². The first kappa shape index (κ1) is 48.3. The molecule has 0 unspecified atom stereocenters. The highest BCUT2D eigenvalue weighted by molar-refractivity contribution is 7.90. The number of likely N-dealkylation sites (tertiary alicyclic amines) is 1. The topological polar surface area (TPSA) is 146 Å². The van der Waals surface area contributed by atoms with Crippen molar-refractivity contribution in [2.75, 3.05) is 131 Å². The number of hydrogen-bond acceptors (Lipinski definition) is 11. The first-order chi connectivity index (χ1) is 25.7. The first-order valence-electron chi connectivity index (χ1n) is 17.9. The third kappa shape index (κ3) is 20.4. The zero-order valence-electron chi connectivity index (χ0n) is 31.3. The fourth-order valence-corrected chi connectivity index (χ4v) is 6.56. The lowest BCUT2D eigenvalue weighted by Gasteiger charge is -2.32. The lowest BCUT2D eigenvalue weighted by Crippen LogP contribution is -2.39. The van der Waals surface area contributed by atoms with Crippen LogP contribution in [-0.4, -0.2) is 150 Å². The highest BCUT2D eigenvalue weighted by atomic mass is 35.5. The van der Waals surface area contributed by atoms with Gasteiger partial charge in [0, 0.05) is 27.2 Å². The highest BCUT2D eigenvalue weighted by Crippen LogP contribution is 2.27. The van der Waals surface area contributed by atoms with Crippen molar-refractivity contribution in [1.29, 1.82) is 0 Å². The Morgan fingerprint density at radius 3 is 1.85 bits per heavy atom. The van der Waals surface area contributed by atoms with Gasteiger partial charge in [0.15, 0.2) is 0 Å². The molecule has 1 aliphatic rings. The summed E-state index contributed by atoms with van der Waals surface area (Å²) in [6.45, 7) is 8.35. The lowest BCUT2D eigenvalue weighted by molar-refractivity contribution is -0.131. The summed E-state index contributed by atoms with van der Waals surface area (Å²) in [5.74, 6) is -0.0882. The summed E-state index contributed by atoms with van der Waals surface area (Å²) >= 11 is 12.2. The third-order valence-electron chi connectivity index (χ3n) is 8.18. The molecule has 0 radical (unpaired) electrons. The standard InChI is InChI=1S/C36H56Cl2N4O10S.ClH/c1-41(36(43)27-30-8-9-33(37)34(38)26-30)35(29-42-11-3-4-12-42)31-6-5-7-32(28-31)40-53(44,45)39-10-13-47-16-17-49-20-21-51-24-25-52-23-22-50-19-18-48-15-14-46-2;/h5-9,26,28,35,39-40H,3-4,10-25,27,29H2,1-2H3;1H/t35-;/m1./s1. The van der Waals surface area contributed by atoms with Crippen LogP contribution in [0.5, 0.6) is 0 Å². The van der Waals surface area contributed by atoms with Crippen molar-refractivity contribution in [2.24, 2.45) is 0 Å². The van der Waals surface area contributed by atoms with E-state index in [4.69, 9.17) is 56.4 Å². The number of carbonyl (C=O) groups excluding carboxylic acids is 1. The Labute approximate surface area is 336 Å². The molecule has 0 spiro atoms. The molecule has 1 amide bonds. The predicted octanol–water partition coefficient (Wildman–Crippen LogP) is 4.25. The number of halogens is 3. The largest absolute Gasteiger partial charge is 0.382 e. The Morgan fingerprint density at radius 1 is 0.778 bits per heavy atom. The molecule has 14 nitrogen and oxygen atoms in total.